The average Bonchev–Trinajstić information content (AvgIpc) is 2.89. The number of nitro benzene ring substituents is 1. The fourth-order valence-electron chi connectivity index (χ4n) is 1.93. The van der Waals surface area contributed by atoms with Gasteiger partial charge in [0.1, 0.15) is 11.9 Å². The van der Waals surface area contributed by atoms with Gasteiger partial charge in [-0.15, -0.1) is 0 Å². The van der Waals surface area contributed by atoms with E-state index < -0.39 is 4.92 Å². The van der Waals surface area contributed by atoms with Gasteiger partial charge in [-0.2, -0.15) is 0 Å². The molecule has 0 aliphatic carbocycles. The zero-order valence-electron chi connectivity index (χ0n) is 10.9. The first-order valence-corrected chi connectivity index (χ1v) is 6.47. The molecule has 6 heteroatoms. The Labute approximate surface area is 111 Å². The van der Waals surface area contributed by atoms with Crippen LogP contribution in [0.1, 0.15) is 19.8 Å². The highest BCUT2D eigenvalue weighted by atomic mass is 16.6. The molecule has 0 bridgehead atoms. The summed E-state index contributed by atoms with van der Waals surface area (Å²) in [5.74, 6) is 0.517. The lowest BCUT2D eigenvalue weighted by Gasteiger charge is -2.13. The number of hydrogen-bond donors (Lipinski definition) is 1. The van der Waals surface area contributed by atoms with E-state index in [2.05, 4.69) is 5.32 Å². The maximum absolute atomic E-state index is 10.9. The van der Waals surface area contributed by atoms with E-state index in [1.165, 1.54) is 12.1 Å². The largest absolute Gasteiger partial charge is 0.488 e. The van der Waals surface area contributed by atoms with Crippen LogP contribution in [0.3, 0.4) is 0 Å². The van der Waals surface area contributed by atoms with Crippen LogP contribution in [0, 0.1) is 10.1 Å². The van der Waals surface area contributed by atoms with Gasteiger partial charge in [0.15, 0.2) is 0 Å². The first kappa shape index (κ1) is 13.6. The van der Waals surface area contributed by atoms with E-state index in [1.807, 2.05) is 6.92 Å². The summed E-state index contributed by atoms with van der Waals surface area (Å²) < 4.78 is 10.9. The zero-order valence-corrected chi connectivity index (χ0v) is 10.9. The van der Waals surface area contributed by atoms with Crippen LogP contribution in [0.5, 0.6) is 5.75 Å². The lowest BCUT2D eigenvalue weighted by Crippen LogP contribution is -2.16. The third-order valence-corrected chi connectivity index (χ3v) is 2.87. The van der Waals surface area contributed by atoms with Crippen molar-refractivity contribution < 1.29 is 14.4 Å². The minimum absolute atomic E-state index is 0.0129. The number of non-ortho nitro benzene ring substituents is 1. The van der Waals surface area contributed by atoms with E-state index in [0.717, 1.165) is 19.4 Å². The van der Waals surface area contributed by atoms with Crippen LogP contribution >= 0.6 is 0 Å². The van der Waals surface area contributed by atoms with Gasteiger partial charge in [0, 0.05) is 30.8 Å². The maximum Gasteiger partial charge on any atom is 0.275 e. The molecule has 1 aliphatic rings. The van der Waals surface area contributed by atoms with Gasteiger partial charge in [0.25, 0.3) is 5.69 Å². The molecule has 104 valence electrons. The quantitative estimate of drug-likeness (QED) is 0.632. The number of nitrogens with zero attached hydrogens (tertiary/aromatic N) is 1. The smallest absolute Gasteiger partial charge is 0.275 e. The van der Waals surface area contributed by atoms with Crippen LogP contribution in [0.15, 0.2) is 18.2 Å². The first-order valence-electron chi connectivity index (χ1n) is 6.47. The van der Waals surface area contributed by atoms with Gasteiger partial charge in [0.05, 0.1) is 24.2 Å². The van der Waals surface area contributed by atoms with Crippen LogP contribution in [0.25, 0.3) is 0 Å². The van der Waals surface area contributed by atoms with Gasteiger partial charge >= 0.3 is 0 Å². The predicted molar refractivity (Wildman–Crippen MR) is 71.7 cm³/mol. The fraction of sp³-hybridized carbons (Fsp3) is 0.538. The summed E-state index contributed by atoms with van der Waals surface area (Å²) >= 11 is 0. The van der Waals surface area contributed by atoms with E-state index in [1.54, 1.807) is 6.07 Å². The molecule has 0 saturated carbocycles. The highest BCUT2D eigenvalue weighted by Crippen LogP contribution is 2.27. The number of nitrogens with one attached hydrogen (secondary N) is 1. The van der Waals surface area contributed by atoms with Gasteiger partial charge in [-0.25, -0.2) is 0 Å². The third-order valence-electron chi connectivity index (χ3n) is 2.87. The highest BCUT2D eigenvalue weighted by molar-refractivity contribution is 5.56. The average molecular weight is 266 g/mol. The Morgan fingerprint density at radius 1 is 1.53 bits per heavy atom. The number of hydrogen-bond acceptors (Lipinski definition) is 5. The van der Waals surface area contributed by atoms with Crippen LogP contribution < -0.4 is 10.1 Å². The molecule has 6 nitrogen and oxygen atoms in total. The molecule has 1 fully saturated rings. The minimum Gasteiger partial charge on any atom is -0.488 e. The Morgan fingerprint density at radius 3 is 3.00 bits per heavy atom. The Bertz CT molecular complexity index is 444. The minimum atomic E-state index is -0.408. The molecule has 1 atom stereocenters. The Kier molecular flexibility index (Phi) is 4.57. The van der Waals surface area contributed by atoms with Crippen molar-refractivity contribution in [2.24, 2.45) is 0 Å². The molecule has 1 unspecified atom stereocenters. The van der Waals surface area contributed by atoms with E-state index in [9.17, 15) is 10.1 Å². The van der Waals surface area contributed by atoms with Gasteiger partial charge in [-0.05, 0) is 6.42 Å². The van der Waals surface area contributed by atoms with Gasteiger partial charge < -0.3 is 14.8 Å². The van der Waals surface area contributed by atoms with E-state index in [4.69, 9.17) is 9.47 Å². The van der Waals surface area contributed by atoms with Gasteiger partial charge in [-0.1, -0.05) is 6.92 Å². The van der Waals surface area contributed by atoms with Gasteiger partial charge in [0.2, 0.25) is 0 Å². The van der Waals surface area contributed by atoms with Crippen LogP contribution in [0.4, 0.5) is 11.4 Å². The van der Waals surface area contributed by atoms with E-state index in [0.29, 0.717) is 24.7 Å². The SMILES string of the molecule is CCCNc1cc(OC2CCOC2)cc([N+](=O)[O-])c1. The van der Waals surface area contributed by atoms with Crippen molar-refractivity contribution in [3.8, 4) is 5.75 Å². The lowest BCUT2D eigenvalue weighted by atomic mass is 10.2. The number of rotatable bonds is 6. The Balaban J connectivity index is 2.15. The molecular formula is C13H18N2O4. The van der Waals surface area contributed by atoms with Crippen molar-refractivity contribution in [2.75, 3.05) is 25.1 Å². The van der Waals surface area contributed by atoms with Crippen molar-refractivity contribution >= 4 is 11.4 Å². The third kappa shape index (κ3) is 3.82. The number of nitro groups is 1. The van der Waals surface area contributed by atoms with Crippen molar-refractivity contribution in [3.05, 3.63) is 28.3 Å². The summed E-state index contributed by atoms with van der Waals surface area (Å²) in [7, 11) is 0. The molecule has 1 saturated heterocycles. The highest BCUT2D eigenvalue weighted by Gasteiger charge is 2.19. The standard InChI is InChI=1S/C13H18N2O4/c1-2-4-14-10-6-11(15(16)17)8-13(7-10)19-12-3-5-18-9-12/h6-8,12,14H,2-5,9H2,1H3. The van der Waals surface area contributed by atoms with Crippen molar-refractivity contribution in [1.82, 2.24) is 0 Å². The molecular weight excluding hydrogens is 248 g/mol. The molecule has 0 radical (unpaired) electrons. The van der Waals surface area contributed by atoms with Crippen molar-refractivity contribution in [3.63, 3.8) is 0 Å². The summed E-state index contributed by atoms with van der Waals surface area (Å²) in [4.78, 5) is 10.5. The molecule has 19 heavy (non-hydrogen) atoms. The molecule has 1 heterocycles. The topological polar surface area (TPSA) is 73.6 Å². The molecule has 1 N–H and O–H groups in total. The molecule has 0 amide bonds. The molecule has 1 aromatic carbocycles. The number of anilines is 1. The number of benzene rings is 1. The second kappa shape index (κ2) is 6.38. The van der Waals surface area contributed by atoms with Crippen molar-refractivity contribution in [1.29, 1.82) is 0 Å². The summed E-state index contributed by atoms with van der Waals surface area (Å²) in [6, 6.07) is 4.77. The van der Waals surface area contributed by atoms with E-state index in [-0.39, 0.29) is 11.8 Å². The van der Waals surface area contributed by atoms with E-state index >= 15 is 0 Å². The number of ether oxygens (including phenoxy) is 2. The zero-order chi connectivity index (χ0) is 13.7. The second-order valence-corrected chi connectivity index (χ2v) is 4.50. The Morgan fingerprint density at radius 2 is 2.37 bits per heavy atom. The summed E-state index contributed by atoms with van der Waals surface area (Å²) in [6.07, 6.45) is 1.76. The maximum atomic E-state index is 10.9. The normalized spacial score (nSPS) is 18.3. The summed E-state index contributed by atoms with van der Waals surface area (Å²) in [5, 5.41) is 14.1. The molecule has 1 aromatic rings. The first-order chi connectivity index (χ1) is 9.19. The van der Waals surface area contributed by atoms with Crippen LogP contribution in [0.2, 0.25) is 0 Å². The molecule has 0 spiro atoms. The second-order valence-electron chi connectivity index (χ2n) is 4.50. The predicted octanol–water partition coefficient (Wildman–Crippen LogP) is 2.58. The molecule has 1 aliphatic heterocycles. The lowest BCUT2D eigenvalue weighted by molar-refractivity contribution is -0.384. The van der Waals surface area contributed by atoms with Crippen molar-refractivity contribution in [2.45, 2.75) is 25.9 Å². The molecule has 0 aromatic heterocycles. The van der Waals surface area contributed by atoms with Crippen LogP contribution in [-0.4, -0.2) is 30.8 Å². The monoisotopic (exact) mass is 266 g/mol. The molecule has 2 rings (SSSR count). The summed E-state index contributed by atoms with van der Waals surface area (Å²) in [5.41, 5.74) is 0.750. The van der Waals surface area contributed by atoms with Crippen LogP contribution in [-0.2, 0) is 4.74 Å². The Hall–Kier alpha value is -1.82. The summed E-state index contributed by atoms with van der Waals surface area (Å²) in [6.45, 7) is 4.03. The van der Waals surface area contributed by atoms with Gasteiger partial charge in [-0.3, -0.25) is 10.1 Å². The fourth-order valence-corrected chi connectivity index (χ4v) is 1.93.